The minimum absolute atomic E-state index is 0.00404. The molecule has 2 amide bonds. The van der Waals surface area contributed by atoms with Crippen molar-refractivity contribution in [3.8, 4) is 22.8 Å². The van der Waals surface area contributed by atoms with Crippen LogP contribution in [0.2, 0.25) is 5.02 Å². The number of rotatable bonds is 10. The number of likely N-dealkylation sites (N-methyl/N-ethyl adjacent to an activating group) is 1. The number of fused-ring (bicyclic) bond motifs is 1. The predicted molar refractivity (Wildman–Crippen MR) is 138 cm³/mol. The van der Waals surface area contributed by atoms with Gasteiger partial charge in [0.15, 0.2) is 23.2 Å². The average molecular weight is 529 g/mol. The number of benzene rings is 1. The van der Waals surface area contributed by atoms with E-state index in [0.29, 0.717) is 33.9 Å². The zero-order chi connectivity index (χ0) is 25.2. The highest BCUT2D eigenvalue weighted by Gasteiger charge is 2.30. The molecule has 0 unspecified atom stereocenters. The summed E-state index contributed by atoms with van der Waals surface area (Å²) < 4.78 is 8.20. The van der Waals surface area contributed by atoms with Gasteiger partial charge in [0.25, 0.3) is 5.91 Å². The molecule has 1 fully saturated rings. The monoisotopic (exact) mass is 528 g/mol. The van der Waals surface area contributed by atoms with Crippen LogP contribution in [0, 0.1) is 5.92 Å². The van der Waals surface area contributed by atoms with Crippen molar-refractivity contribution in [1.82, 2.24) is 34.9 Å². The van der Waals surface area contributed by atoms with Gasteiger partial charge in [-0.15, -0.1) is 0 Å². The van der Waals surface area contributed by atoms with Crippen molar-refractivity contribution >= 4 is 50.2 Å². The largest absolute Gasteiger partial charge is 0.484 e. The summed E-state index contributed by atoms with van der Waals surface area (Å²) in [6, 6.07) is 5.23. The molecule has 5 rings (SSSR count). The summed E-state index contributed by atoms with van der Waals surface area (Å²) >= 11 is 7.94. The first kappa shape index (κ1) is 24.2. The van der Waals surface area contributed by atoms with Crippen molar-refractivity contribution in [3.63, 3.8) is 0 Å². The van der Waals surface area contributed by atoms with Crippen molar-refractivity contribution in [2.24, 2.45) is 5.92 Å². The summed E-state index contributed by atoms with van der Waals surface area (Å²) in [5.74, 6) is 0.988. The number of hydrogen-bond donors (Lipinski definition) is 3. The number of nitrogens with one attached hydrogen (secondary N) is 3. The zero-order valence-corrected chi connectivity index (χ0v) is 21.3. The Kier molecular flexibility index (Phi) is 6.90. The second-order valence-corrected chi connectivity index (χ2v) is 10.1. The first-order chi connectivity index (χ1) is 17.4. The number of aromatic nitrogens is 5. The third-order valence-corrected chi connectivity index (χ3v) is 6.89. The van der Waals surface area contributed by atoms with Gasteiger partial charge in [-0.2, -0.15) is 5.10 Å². The van der Waals surface area contributed by atoms with Crippen LogP contribution >= 0.6 is 22.9 Å². The van der Waals surface area contributed by atoms with Crippen molar-refractivity contribution < 1.29 is 14.3 Å². The van der Waals surface area contributed by atoms with Gasteiger partial charge in [0.1, 0.15) is 16.8 Å². The third-order valence-electron chi connectivity index (χ3n) is 5.61. The number of anilines is 1. The number of halogens is 1. The SMILES string of the molecule is CN(C)CCNC(=O)COc1ccc(-c2cncn2-c2n[nH]c3nc(NC(=O)C4CC4)sc23)c(Cl)c1. The van der Waals surface area contributed by atoms with Crippen LogP contribution in [0.3, 0.4) is 0 Å². The summed E-state index contributed by atoms with van der Waals surface area (Å²) in [5.41, 5.74) is 2.03. The van der Waals surface area contributed by atoms with Crippen LogP contribution in [0.25, 0.3) is 27.4 Å². The molecule has 36 heavy (non-hydrogen) atoms. The van der Waals surface area contributed by atoms with E-state index in [1.807, 2.05) is 29.6 Å². The van der Waals surface area contributed by atoms with Crippen LogP contribution in [-0.4, -0.2) is 75.2 Å². The number of aromatic amines is 1. The molecule has 3 aromatic heterocycles. The van der Waals surface area contributed by atoms with E-state index in [0.717, 1.165) is 35.3 Å². The molecule has 0 radical (unpaired) electrons. The smallest absolute Gasteiger partial charge is 0.257 e. The molecule has 3 heterocycles. The van der Waals surface area contributed by atoms with Gasteiger partial charge < -0.3 is 20.3 Å². The van der Waals surface area contributed by atoms with Gasteiger partial charge in [-0.1, -0.05) is 22.9 Å². The number of thiazole rings is 1. The Balaban J connectivity index is 1.31. The number of carbonyl (C=O) groups excluding carboxylic acids is 2. The highest BCUT2D eigenvalue weighted by molar-refractivity contribution is 7.22. The van der Waals surface area contributed by atoms with Crippen LogP contribution in [0.15, 0.2) is 30.7 Å². The number of hydrogen-bond acceptors (Lipinski definition) is 8. The van der Waals surface area contributed by atoms with E-state index in [1.54, 1.807) is 24.7 Å². The first-order valence-corrected chi connectivity index (χ1v) is 12.6. The normalized spacial score (nSPS) is 13.3. The maximum Gasteiger partial charge on any atom is 0.257 e. The molecular weight excluding hydrogens is 504 g/mol. The van der Waals surface area contributed by atoms with Crippen molar-refractivity contribution in [2.45, 2.75) is 12.8 Å². The minimum Gasteiger partial charge on any atom is -0.484 e. The van der Waals surface area contributed by atoms with E-state index in [9.17, 15) is 9.59 Å². The number of H-pyrrole nitrogens is 1. The molecule has 0 aliphatic heterocycles. The second kappa shape index (κ2) is 10.2. The second-order valence-electron chi connectivity index (χ2n) is 8.74. The van der Waals surface area contributed by atoms with Crippen LogP contribution in [0.4, 0.5) is 5.13 Å². The minimum atomic E-state index is -0.199. The predicted octanol–water partition coefficient (Wildman–Crippen LogP) is 2.93. The van der Waals surface area contributed by atoms with E-state index >= 15 is 0 Å². The first-order valence-electron chi connectivity index (χ1n) is 11.4. The number of nitrogens with zero attached hydrogens (tertiary/aromatic N) is 5. The van der Waals surface area contributed by atoms with Crippen molar-refractivity contribution in [1.29, 1.82) is 0 Å². The molecule has 1 aromatic carbocycles. The molecule has 13 heteroatoms. The van der Waals surface area contributed by atoms with Gasteiger partial charge in [0.05, 0.1) is 16.9 Å². The Bertz CT molecular complexity index is 1410. The fourth-order valence-electron chi connectivity index (χ4n) is 3.55. The van der Waals surface area contributed by atoms with E-state index in [4.69, 9.17) is 16.3 Å². The Labute approximate surface area is 215 Å². The van der Waals surface area contributed by atoms with E-state index in [-0.39, 0.29) is 24.3 Å². The summed E-state index contributed by atoms with van der Waals surface area (Å²) in [7, 11) is 3.88. The maximum atomic E-state index is 12.1. The van der Waals surface area contributed by atoms with Crippen LogP contribution in [0.1, 0.15) is 12.8 Å². The topological polar surface area (TPSA) is 130 Å². The Morgan fingerprint density at radius 1 is 1.33 bits per heavy atom. The van der Waals surface area contributed by atoms with Crippen LogP contribution in [0.5, 0.6) is 5.75 Å². The van der Waals surface area contributed by atoms with Gasteiger partial charge in [0, 0.05) is 24.6 Å². The fraction of sp³-hybridized carbons (Fsp3) is 0.348. The van der Waals surface area contributed by atoms with Gasteiger partial charge in [0.2, 0.25) is 5.91 Å². The molecule has 0 saturated heterocycles. The molecule has 1 aliphatic carbocycles. The van der Waals surface area contributed by atoms with Gasteiger partial charge in [-0.05, 0) is 45.1 Å². The molecule has 4 aromatic rings. The Morgan fingerprint density at radius 3 is 2.92 bits per heavy atom. The lowest BCUT2D eigenvalue weighted by atomic mass is 10.1. The molecular formula is C23H25ClN8O3S. The van der Waals surface area contributed by atoms with E-state index in [2.05, 4.69) is 30.8 Å². The van der Waals surface area contributed by atoms with Gasteiger partial charge in [-0.3, -0.25) is 19.3 Å². The van der Waals surface area contributed by atoms with Crippen molar-refractivity contribution in [2.75, 3.05) is 39.1 Å². The van der Waals surface area contributed by atoms with Gasteiger partial charge in [-0.25, -0.2) is 9.97 Å². The lowest BCUT2D eigenvalue weighted by Crippen LogP contribution is -2.34. The van der Waals surface area contributed by atoms with Crippen molar-refractivity contribution in [3.05, 3.63) is 35.7 Å². The molecule has 1 aliphatic rings. The molecule has 0 atom stereocenters. The van der Waals surface area contributed by atoms with Crippen LogP contribution < -0.4 is 15.4 Å². The third kappa shape index (κ3) is 5.35. The standard InChI is InChI=1S/C23H25ClN8O3S/c1-31(2)8-7-26-18(33)11-35-14-5-6-15(16(24)9-14)17-10-25-12-32(17)21-19-20(29-30-21)27-23(36-19)28-22(34)13-3-4-13/h5-6,9-10,12-13H,3-4,7-8,11H2,1-2H3,(H,26,33)(H2,27,28,29,30,34). The highest BCUT2D eigenvalue weighted by Crippen LogP contribution is 2.36. The maximum absolute atomic E-state index is 12.1. The highest BCUT2D eigenvalue weighted by atomic mass is 35.5. The summed E-state index contributed by atoms with van der Waals surface area (Å²) in [4.78, 5) is 34.8. The summed E-state index contributed by atoms with van der Waals surface area (Å²) in [5, 5.41) is 14.0. The lowest BCUT2D eigenvalue weighted by Gasteiger charge is -2.12. The molecule has 0 spiro atoms. The number of carbonyl (C=O) groups is 2. The molecule has 11 nitrogen and oxygen atoms in total. The molecule has 188 valence electrons. The zero-order valence-electron chi connectivity index (χ0n) is 19.7. The summed E-state index contributed by atoms with van der Waals surface area (Å²) in [6.07, 6.45) is 5.19. The Hall–Kier alpha value is -3.48. The Morgan fingerprint density at radius 2 is 2.17 bits per heavy atom. The number of ether oxygens (including phenoxy) is 1. The van der Waals surface area contributed by atoms with Crippen LogP contribution in [-0.2, 0) is 9.59 Å². The van der Waals surface area contributed by atoms with E-state index in [1.165, 1.54) is 11.3 Å². The quantitative estimate of drug-likeness (QED) is 0.288. The fourth-order valence-corrected chi connectivity index (χ4v) is 4.72. The number of amides is 2. The molecule has 3 N–H and O–H groups in total. The van der Waals surface area contributed by atoms with E-state index < -0.39 is 0 Å². The molecule has 1 saturated carbocycles. The lowest BCUT2D eigenvalue weighted by molar-refractivity contribution is -0.123. The number of imidazole rings is 1. The summed E-state index contributed by atoms with van der Waals surface area (Å²) in [6.45, 7) is 1.20. The van der Waals surface area contributed by atoms with Gasteiger partial charge >= 0.3 is 0 Å². The average Bonchev–Trinajstić information content (AvgIpc) is 3.27. The molecule has 0 bridgehead atoms.